The second-order valence-corrected chi connectivity index (χ2v) is 3.86. The highest BCUT2D eigenvalue weighted by atomic mass is 32.1. The minimum absolute atomic E-state index is 0.228. The van der Waals surface area contributed by atoms with Crippen LogP contribution >= 0.6 is 11.5 Å². The summed E-state index contributed by atoms with van der Waals surface area (Å²) in [6.45, 7) is 3.12. The molecule has 1 heterocycles. The van der Waals surface area contributed by atoms with Gasteiger partial charge in [-0.25, -0.2) is 0 Å². The van der Waals surface area contributed by atoms with Gasteiger partial charge in [-0.2, -0.15) is 4.37 Å². The Morgan fingerprint density at radius 3 is 3.07 bits per heavy atom. The van der Waals surface area contributed by atoms with E-state index >= 15 is 0 Å². The normalized spacial score (nSPS) is 12.8. The number of ether oxygens (including phenoxy) is 1. The van der Waals surface area contributed by atoms with Crippen LogP contribution in [0.4, 0.5) is 0 Å². The van der Waals surface area contributed by atoms with Crippen molar-refractivity contribution in [2.75, 3.05) is 20.3 Å². The fraction of sp³-hybridized carbons (Fsp3) is 0.667. The first-order valence-electron chi connectivity index (χ1n) is 4.62. The topological polar surface area (TPSA) is 54.4 Å². The second kappa shape index (κ2) is 5.95. The molecule has 0 bridgehead atoms. The summed E-state index contributed by atoms with van der Waals surface area (Å²) >= 11 is 1.44. The molecule has 1 rings (SSSR count). The number of aliphatic hydroxyl groups is 1. The number of aromatic nitrogens is 1. The Bertz CT molecular complexity index is 265. The van der Waals surface area contributed by atoms with Gasteiger partial charge in [0.2, 0.25) is 5.88 Å². The molecule has 0 aliphatic rings. The highest BCUT2D eigenvalue weighted by Crippen LogP contribution is 2.22. The van der Waals surface area contributed by atoms with Crippen molar-refractivity contribution in [2.45, 2.75) is 19.4 Å². The molecule has 0 fully saturated rings. The fourth-order valence-electron chi connectivity index (χ4n) is 1.07. The van der Waals surface area contributed by atoms with Crippen molar-refractivity contribution in [1.82, 2.24) is 9.69 Å². The van der Waals surface area contributed by atoms with E-state index in [0.29, 0.717) is 5.88 Å². The highest BCUT2D eigenvalue weighted by molar-refractivity contribution is 7.06. The number of aliphatic hydroxyl groups excluding tert-OH is 1. The van der Waals surface area contributed by atoms with Gasteiger partial charge in [0.15, 0.2) is 0 Å². The number of rotatable bonds is 6. The number of methoxy groups -OCH3 is 1. The van der Waals surface area contributed by atoms with Crippen LogP contribution in [-0.2, 0) is 0 Å². The summed E-state index contributed by atoms with van der Waals surface area (Å²) in [4.78, 5) is 1.15. The van der Waals surface area contributed by atoms with Crippen LogP contribution in [0.15, 0.2) is 6.07 Å². The molecule has 1 unspecified atom stereocenters. The minimum Gasteiger partial charge on any atom is -0.480 e. The smallest absolute Gasteiger partial charge is 0.225 e. The molecular weight excluding hydrogens is 200 g/mol. The first-order chi connectivity index (χ1) is 6.77. The van der Waals surface area contributed by atoms with Gasteiger partial charge >= 0.3 is 0 Å². The summed E-state index contributed by atoms with van der Waals surface area (Å²) < 4.78 is 9.12. The van der Waals surface area contributed by atoms with Crippen LogP contribution in [0.3, 0.4) is 0 Å². The van der Waals surface area contributed by atoms with E-state index in [1.807, 2.05) is 6.07 Å². The van der Waals surface area contributed by atoms with Crippen LogP contribution in [0.2, 0.25) is 0 Å². The molecule has 1 aromatic heterocycles. The average molecular weight is 216 g/mol. The predicted molar refractivity (Wildman–Crippen MR) is 56.8 cm³/mol. The van der Waals surface area contributed by atoms with Gasteiger partial charge < -0.3 is 15.2 Å². The summed E-state index contributed by atoms with van der Waals surface area (Å²) in [5.41, 5.74) is 0. The third kappa shape index (κ3) is 3.25. The van der Waals surface area contributed by atoms with Gasteiger partial charge in [-0.3, -0.25) is 0 Å². The molecule has 0 amide bonds. The van der Waals surface area contributed by atoms with Crippen molar-refractivity contribution in [3.05, 3.63) is 10.9 Å². The SMILES string of the molecule is COc1cc(C(C)NCCCO)sn1. The Hall–Kier alpha value is -0.650. The average Bonchev–Trinajstić information content (AvgIpc) is 2.66. The molecule has 0 aliphatic heterocycles. The molecular formula is C9H16N2O2S. The zero-order chi connectivity index (χ0) is 10.4. The molecule has 2 N–H and O–H groups in total. The van der Waals surface area contributed by atoms with E-state index in [2.05, 4.69) is 16.6 Å². The summed E-state index contributed by atoms with van der Waals surface area (Å²) in [6, 6.07) is 2.20. The summed E-state index contributed by atoms with van der Waals surface area (Å²) in [5, 5.41) is 11.9. The van der Waals surface area contributed by atoms with E-state index < -0.39 is 0 Å². The number of hydrogen-bond acceptors (Lipinski definition) is 5. The van der Waals surface area contributed by atoms with Crippen LogP contribution in [0.5, 0.6) is 5.88 Å². The zero-order valence-electron chi connectivity index (χ0n) is 8.49. The van der Waals surface area contributed by atoms with E-state index in [1.165, 1.54) is 11.5 Å². The van der Waals surface area contributed by atoms with Gasteiger partial charge in [0, 0.05) is 23.6 Å². The van der Waals surface area contributed by atoms with E-state index in [9.17, 15) is 0 Å². The zero-order valence-corrected chi connectivity index (χ0v) is 9.30. The predicted octanol–water partition coefficient (Wildman–Crippen LogP) is 1.18. The van der Waals surface area contributed by atoms with Crippen LogP contribution in [0.25, 0.3) is 0 Å². The van der Waals surface area contributed by atoms with Gasteiger partial charge in [0.1, 0.15) is 0 Å². The molecule has 0 radical (unpaired) electrons. The molecule has 14 heavy (non-hydrogen) atoms. The second-order valence-electron chi connectivity index (χ2n) is 3.02. The summed E-state index contributed by atoms with van der Waals surface area (Å²) in [5.74, 6) is 0.667. The van der Waals surface area contributed by atoms with Crippen LogP contribution in [0, 0.1) is 0 Å². The van der Waals surface area contributed by atoms with Gasteiger partial charge in [-0.15, -0.1) is 0 Å². The quantitative estimate of drug-likeness (QED) is 0.701. The standard InChI is InChI=1S/C9H16N2O2S/c1-7(10-4-3-5-12)8-6-9(13-2)11-14-8/h6-7,10,12H,3-5H2,1-2H3. The molecule has 0 aliphatic carbocycles. The Morgan fingerprint density at radius 2 is 2.50 bits per heavy atom. The van der Waals surface area contributed by atoms with Crippen molar-refractivity contribution in [3.8, 4) is 5.88 Å². The third-order valence-corrected chi connectivity index (χ3v) is 2.88. The number of hydrogen-bond donors (Lipinski definition) is 2. The van der Waals surface area contributed by atoms with Crippen molar-refractivity contribution in [1.29, 1.82) is 0 Å². The number of nitrogens with zero attached hydrogens (tertiary/aromatic N) is 1. The monoisotopic (exact) mass is 216 g/mol. The summed E-state index contributed by atoms with van der Waals surface area (Å²) in [6.07, 6.45) is 0.778. The largest absolute Gasteiger partial charge is 0.480 e. The Labute approximate surface area is 88.1 Å². The first kappa shape index (κ1) is 11.4. The van der Waals surface area contributed by atoms with Crippen molar-refractivity contribution < 1.29 is 9.84 Å². The number of nitrogens with one attached hydrogen (secondary N) is 1. The van der Waals surface area contributed by atoms with Crippen LogP contribution < -0.4 is 10.1 Å². The fourth-order valence-corrected chi connectivity index (χ4v) is 1.79. The molecule has 1 aromatic rings. The van der Waals surface area contributed by atoms with E-state index in [1.54, 1.807) is 7.11 Å². The van der Waals surface area contributed by atoms with Crippen LogP contribution in [-0.4, -0.2) is 29.7 Å². The molecule has 0 spiro atoms. The van der Waals surface area contributed by atoms with Gasteiger partial charge in [0.05, 0.1) is 7.11 Å². The van der Waals surface area contributed by atoms with E-state index in [4.69, 9.17) is 9.84 Å². The molecule has 0 saturated heterocycles. The Kier molecular flexibility index (Phi) is 4.86. The lowest BCUT2D eigenvalue weighted by Gasteiger charge is -2.09. The van der Waals surface area contributed by atoms with Crippen molar-refractivity contribution >= 4 is 11.5 Å². The lowest BCUT2D eigenvalue weighted by atomic mass is 10.2. The van der Waals surface area contributed by atoms with E-state index in [-0.39, 0.29) is 12.6 Å². The lowest BCUT2D eigenvalue weighted by molar-refractivity contribution is 0.284. The Balaban J connectivity index is 2.39. The van der Waals surface area contributed by atoms with Gasteiger partial charge in [0.25, 0.3) is 0 Å². The molecule has 0 saturated carbocycles. The molecule has 1 atom stereocenters. The molecule has 5 heteroatoms. The molecule has 0 aromatic carbocycles. The maximum absolute atomic E-state index is 8.62. The maximum atomic E-state index is 8.62. The van der Waals surface area contributed by atoms with Gasteiger partial charge in [-0.1, -0.05) is 0 Å². The molecule has 4 nitrogen and oxygen atoms in total. The van der Waals surface area contributed by atoms with Gasteiger partial charge in [-0.05, 0) is 31.4 Å². The molecule has 80 valence electrons. The van der Waals surface area contributed by atoms with Crippen molar-refractivity contribution in [3.63, 3.8) is 0 Å². The Morgan fingerprint density at radius 1 is 1.71 bits per heavy atom. The van der Waals surface area contributed by atoms with E-state index in [0.717, 1.165) is 17.8 Å². The maximum Gasteiger partial charge on any atom is 0.225 e. The first-order valence-corrected chi connectivity index (χ1v) is 5.40. The lowest BCUT2D eigenvalue weighted by Crippen LogP contribution is -2.19. The highest BCUT2D eigenvalue weighted by Gasteiger charge is 2.08. The third-order valence-electron chi connectivity index (χ3n) is 1.93. The summed E-state index contributed by atoms with van der Waals surface area (Å²) in [7, 11) is 1.61. The van der Waals surface area contributed by atoms with Crippen molar-refractivity contribution in [2.24, 2.45) is 0 Å². The minimum atomic E-state index is 0.228. The van der Waals surface area contributed by atoms with Crippen LogP contribution in [0.1, 0.15) is 24.3 Å².